The van der Waals surface area contributed by atoms with Gasteiger partial charge in [0.15, 0.2) is 5.83 Å². The quantitative estimate of drug-likeness (QED) is 0.336. The number of alkyl halides is 2. The van der Waals surface area contributed by atoms with Crippen molar-refractivity contribution in [2.24, 2.45) is 0 Å². The number of halogens is 5. The van der Waals surface area contributed by atoms with Crippen LogP contribution in [0.4, 0.5) is 22.0 Å². The highest BCUT2D eigenvalue weighted by atomic mass is 19.3. The van der Waals surface area contributed by atoms with Gasteiger partial charge in [0, 0.05) is 24.5 Å². The first-order valence-corrected chi connectivity index (χ1v) is 11.0. The molecule has 3 aromatic rings. The van der Waals surface area contributed by atoms with E-state index in [1.807, 2.05) is 45.0 Å². The van der Waals surface area contributed by atoms with Crippen molar-refractivity contribution < 1.29 is 26.7 Å². The molecule has 0 N–H and O–H groups in total. The largest absolute Gasteiger partial charge is 0.433 e. The molecular formula is C28H25F5O. The van der Waals surface area contributed by atoms with Crippen molar-refractivity contribution in [2.75, 3.05) is 0 Å². The molecule has 1 aliphatic carbocycles. The van der Waals surface area contributed by atoms with Crippen LogP contribution in [-0.2, 0) is 10.8 Å². The highest BCUT2D eigenvalue weighted by Crippen LogP contribution is 2.37. The van der Waals surface area contributed by atoms with Gasteiger partial charge < -0.3 is 4.74 Å². The Balaban J connectivity index is 0.00000158. The summed E-state index contributed by atoms with van der Waals surface area (Å²) in [6.45, 7) is 5.97. The van der Waals surface area contributed by atoms with Gasteiger partial charge in [0.25, 0.3) is 0 Å². The third-order valence-corrected chi connectivity index (χ3v) is 5.28. The fourth-order valence-corrected chi connectivity index (χ4v) is 3.47. The summed E-state index contributed by atoms with van der Waals surface area (Å²) in [5, 5.41) is 0. The van der Waals surface area contributed by atoms with Crippen LogP contribution in [0.1, 0.15) is 37.8 Å². The SMILES string of the molecule is CC.Cc1ccc(-c2ccc(-c3ccc(C(F)(F)OC4=CC(F)=C(F)CC4)cc3)c(F)c2)cc1. The van der Waals surface area contributed by atoms with Gasteiger partial charge in [-0.05, 0) is 41.8 Å². The van der Waals surface area contributed by atoms with E-state index in [2.05, 4.69) is 4.74 Å². The van der Waals surface area contributed by atoms with E-state index >= 15 is 0 Å². The van der Waals surface area contributed by atoms with E-state index < -0.39 is 29.1 Å². The molecule has 3 aromatic carbocycles. The molecule has 0 bridgehead atoms. The molecule has 0 fully saturated rings. The number of hydrogen-bond acceptors (Lipinski definition) is 1. The Hall–Kier alpha value is -3.41. The zero-order valence-corrected chi connectivity index (χ0v) is 19.1. The number of allylic oxidation sites excluding steroid dienone is 4. The standard InChI is InChI=1S/C26H19F5O.C2H6/c1-16-2-4-17(5-3-16)19-8-12-22(24(28)14-19)18-6-9-20(10-7-18)26(30,31)32-21-11-13-23(27)25(29)15-21;1-2/h2-10,12,14-15H,11,13H2,1H3;1-2H3. The maximum Gasteiger partial charge on any atom is 0.426 e. The average molecular weight is 472 g/mol. The van der Waals surface area contributed by atoms with E-state index in [-0.39, 0.29) is 24.2 Å². The molecule has 0 spiro atoms. The van der Waals surface area contributed by atoms with Crippen molar-refractivity contribution in [3.05, 3.63) is 107 Å². The van der Waals surface area contributed by atoms with Gasteiger partial charge in [0.05, 0.1) is 5.56 Å². The summed E-state index contributed by atoms with van der Waals surface area (Å²) < 4.78 is 74.7. The minimum atomic E-state index is -3.74. The molecule has 0 aromatic heterocycles. The van der Waals surface area contributed by atoms with Crippen LogP contribution in [0.2, 0.25) is 0 Å². The van der Waals surface area contributed by atoms with E-state index in [4.69, 9.17) is 0 Å². The highest BCUT2D eigenvalue weighted by molar-refractivity contribution is 5.71. The first kappa shape index (κ1) is 25.2. The van der Waals surface area contributed by atoms with Gasteiger partial charge in [-0.1, -0.05) is 67.9 Å². The lowest BCUT2D eigenvalue weighted by atomic mass is 9.98. The summed E-state index contributed by atoms with van der Waals surface area (Å²) in [4.78, 5) is 0. The average Bonchev–Trinajstić information content (AvgIpc) is 2.83. The lowest BCUT2D eigenvalue weighted by Gasteiger charge is -2.22. The van der Waals surface area contributed by atoms with Crippen LogP contribution in [0, 0.1) is 12.7 Å². The van der Waals surface area contributed by atoms with Crippen molar-refractivity contribution >= 4 is 0 Å². The second-order valence-corrected chi connectivity index (χ2v) is 7.62. The number of benzene rings is 3. The number of hydrogen-bond donors (Lipinski definition) is 0. The monoisotopic (exact) mass is 472 g/mol. The molecule has 0 atom stereocenters. The van der Waals surface area contributed by atoms with Gasteiger partial charge >= 0.3 is 6.11 Å². The van der Waals surface area contributed by atoms with Crippen LogP contribution >= 0.6 is 0 Å². The van der Waals surface area contributed by atoms with Gasteiger partial charge in [-0.3, -0.25) is 0 Å². The Morgan fingerprint density at radius 3 is 1.91 bits per heavy atom. The molecule has 0 aliphatic heterocycles. The van der Waals surface area contributed by atoms with Gasteiger partial charge in [-0.2, -0.15) is 8.78 Å². The predicted molar refractivity (Wildman–Crippen MR) is 125 cm³/mol. The normalized spacial score (nSPS) is 13.7. The zero-order valence-electron chi connectivity index (χ0n) is 19.1. The van der Waals surface area contributed by atoms with E-state index in [9.17, 15) is 22.0 Å². The van der Waals surface area contributed by atoms with Crippen molar-refractivity contribution in [1.82, 2.24) is 0 Å². The Morgan fingerprint density at radius 1 is 0.735 bits per heavy atom. The smallest absolute Gasteiger partial charge is 0.426 e. The fraction of sp³-hybridized carbons (Fsp3) is 0.214. The third kappa shape index (κ3) is 5.74. The molecule has 6 heteroatoms. The Labute approximate surface area is 196 Å². The molecule has 1 aliphatic rings. The van der Waals surface area contributed by atoms with Crippen LogP contribution in [0.25, 0.3) is 22.3 Å². The highest BCUT2D eigenvalue weighted by Gasteiger charge is 2.36. The van der Waals surface area contributed by atoms with E-state index in [0.717, 1.165) is 23.3 Å². The number of rotatable bonds is 5. The summed E-state index contributed by atoms with van der Waals surface area (Å²) in [6.07, 6.45) is -3.60. The first-order valence-electron chi connectivity index (χ1n) is 11.0. The molecule has 0 radical (unpaired) electrons. The molecule has 178 valence electrons. The van der Waals surface area contributed by atoms with Crippen molar-refractivity contribution in [3.8, 4) is 22.3 Å². The summed E-state index contributed by atoms with van der Waals surface area (Å²) in [5.74, 6) is -3.01. The minimum absolute atomic E-state index is 0.161. The van der Waals surface area contributed by atoms with Crippen LogP contribution in [0.5, 0.6) is 0 Å². The second-order valence-electron chi connectivity index (χ2n) is 7.62. The molecule has 0 saturated heterocycles. The molecule has 0 saturated carbocycles. The molecular weight excluding hydrogens is 447 g/mol. The van der Waals surface area contributed by atoms with Crippen molar-refractivity contribution in [1.29, 1.82) is 0 Å². The van der Waals surface area contributed by atoms with E-state index in [1.165, 1.54) is 18.2 Å². The minimum Gasteiger partial charge on any atom is -0.433 e. The fourth-order valence-electron chi connectivity index (χ4n) is 3.47. The lowest BCUT2D eigenvalue weighted by Crippen LogP contribution is -2.18. The number of ether oxygens (including phenoxy) is 1. The Morgan fingerprint density at radius 2 is 1.32 bits per heavy atom. The number of aryl methyl sites for hydroxylation is 1. The molecule has 4 rings (SSSR count). The Kier molecular flexibility index (Phi) is 7.92. The van der Waals surface area contributed by atoms with Gasteiger partial charge in [-0.15, -0.1) is 0 Å². The van der Waals surface area contributed by atoms with Crippen LogP contribution in [0.3, 0.4) is 0 Å². The van der Waals surface area contributed by atoms with Gasteiger partial charge in [0.1, 0.15) is 17.4 Å². The van der Waals surface area contributed by atoms with E-state index in [1.54, 1.807) is 12.1 Å². The summed E-state index contributed by atoms with van der Waals surface area (Å²) in [7, 11) is 0. The second kappa shape index (κ2) is 10.7. The zero-order chi connectivity index (χ0) is 24.9. The summed E-state index contributed by atoms with van der Waals surface area (Å²) >= 11 is 0. The van der Waals surface area contributed by atoms with Gasteiger partial charge in [0.2, 0.25) is 0 Å². The van der Waals surface area contributed by atoms with E-state index in [0.29, 0.717) is 17.2 Å². The summed E-state index contributed by atoms with van der Waals surface area (Å²) in [6, 6.07) is 17.4. The third-order valence-electron chi connectivity index (χ3n) is 5.28. The topological polar surface area (TPSA) is 9.23 Å². The van der Waals surface area contributed by atoms with Crippen LogP contribution in [-0.4, -0.2) is 0 Å². The molecule has 0 unspecified atom stereocenters. The Bertz CT molecular complexity index is 1190. The molecule has 1 nitrogen and oxygen atoms in total. The first-order chi connectivity index (χ1) is 16.2. The summed E-state index contributed by atoms with van der Waals surface area (Å²) in [5.41, 5.74) is 2.90. The van der Waals surface area contributed by atoms with Crippen LogP contribution < -0.4 is 0 Å². The lowest BCUT2D eigenvalue weighted by molar-refractivity contribution is -0.225. The molecule has 0 heterocycles. The van der Waals surface area contributed by atoms with Crippen LogP contribution in [0.15, 0.2) is 90.2 Å². The van der Waals surface area contributed by atoms with Crippen molar-refractivity contribution in [2.45, 2.75) is 39.7 Å². The maximum atomic E-state index is 14.8. The predicted octanol–water partition coefficient (Wildman–Crippen LogP) is 9.39. The van der Waals surface area contributed by atoms with Crippen molar-refractivity contribution in [3.63, 3.8) is 0 Å². The molecule has 0 amide bonds. The molecule has 34 heavy (non-hydrogen) atoms. The maximum absolute atomic E-state index is 14.8. The van der Waals surface area contributed by atoms with Gasteiger partial charge in [-0.25, -0.2) is 13.2 Å².